The van der Waals surface area contributed by atoms with E-state index < -0.39 is 0 Å². The molecule has 6 nitrogen and oxygen atoms in total. The predicted molar refractivity (Wildman–Crippen MR) is 115 cm³/mol. The van der Waals surface area contributed by atoms with Crippen LogP contribution in [0, 0.1) is 27.2 Å². The van der Waals surface area contributed by atoms with Crippen molar-refractivity contribution in [2.45, 2.75) is 18.9 Å². The van der Waals surface area contributed by atoms with Gasteiger partial charge in [0.05, 0.1) is 11.8 Å². The summed E-state index contributed by atoms with van der Waals surface area (Å²) in [4.78, 5) is 37.6. The number of halogens is 1. The monoisotopic (exact) mass is 502 g/mol. The summed E-state index contributed by atoms with van der Waals surface area (Å²) in [7, 11) is 0. The Hall–Kier alpha value is -2.42. The number of fused-ring (bicyclic) bond motifs is 1. The van der Waals surface area contributed by atoms with E-state index in [1.54, 1.807) is 24.3 Å². The largest absolute Gasteiger partial charge is 0.462 e. The maximum Gasteiger partial charge on any atom is 0.310 e. The predicted octanol–water partition coefficient (Wildman–Crippen LogP) is 3.68. The fourth-order valence-corrected chi connectivity index (χ4v) is 5.42. The van der Waals surface area contributed by atoms with Gasteiger partial charge in [0.25, 0.3) is 5.91 Å². The number of nitrogens with one attached hydrogen (secondary N) is 2. The first-order valence-electron chi connectivity index (χ1n) is 9.68. The molecule has 0 radical (unpaired) electrons. The second kappa shape index (κ2) is 7.12. The van der Waals surface area contributed by atoms with E-state index in [2.05, 4.69) is 33.2 Å². The number of hydrogen-bond donors (Lipinski definition) is 2. The van der Waals surface area contributed by atoms with Gasteiger partial charge < -0.3 is 15.4 Å². The van der Waals surface area contributed by atoms with Crippen LogP contribution >= 0.6 is 22.6 Å². The number of carbonyl (C=O) groups is 3. The Morgan fingerprint density at radius 3 is 2.59 bits per heavy atom. The van der Waals surface area contributed by atoms with E-state index in [-0.39, 0.29) is 47.6 Å². The number of benzene rings is 2. The van der Waals surface area contributed by atoms with Gasteiger partial charge in [-0.3, -0.25) is 14.4 Å². The molecule has 29 heavy (non-hydrogen) atoms. The molecule has 2 bridgehead atoms. The van der Waals surface area contributed by atoms with Crippen molar-refractivity contribution in [3.8, 4) is 0 Å². The summed E-state index contributed by atoms with van der Waals surface area (Å²) in [5, 5.41) is 5.77. The van der Waals surface area contributed by atoms with Crippen LogP contribution in [0.2, 0.25) is 0 Å². The third kappa shape index (κ3) is 3.31. The molecule has 2 amide bonds. The molecule has 2 aliphatic carbocycles. The van der Waals surface area contributed by atoms with Gasteiger partial charge in [-0.2, -0.15) is 0 Å². The number of rotatable bonds is 4. The van der Waals surface area contributed by atoms with Crippen molar-refractivity contribution in [3.05, 3.63) is 57.7 Å². The third-order valence-corrected chi connectivity index (χ3v) is 7.00. The van der Waals surface area contributed by atoms with Crippen LogP contribution in [0.25, 0.3) is 0 Å². The van der Waals surface area contributed by atoms with E-state index in [1.807, 2.05) is 24.3 Å². The summed E-state index contributed by atoms with van der Waals surface area (Å²) >= 11 is 2.21. The van der Waals surface area contributed by atoms with Crippen LogP contribution in [-0.4, -0.2) is 23.9 Å². The molecule has 7 heteroatoms. The van der Waals surface area contributed by atoms with Crippen molar-refractivity contribution < 1.29 is 19.1 Å². The summed E-state index contributed by atoms with van der Waals surface area (Å²) < 4.78 is 6.50. The summed E-state index contributed by atoms with van der Waals surface area (Å²) in [6.45, 7) is 0. The second-order valence-corrected chi connectivity index (χ2v) is 9.20. The minimum Gasteiger partial charge on any atom is -0.462 e. The zero-order valence-corrected chi connectivity index (χ0v) is 17.6. The highest BCUT2D eigenvalue weighted by Gasteiger charge is 2.63. The smallest absolute Gasteiger partial charge is 0.310 e. The molecule has 2 saturated carbocycles. The minimum absolute atomic E-state index is 0.00911. The van der Waals surface area contributed by atoms with Crippen LogP contribution in [0.15, 0.2) is 48.5 Å². The maximum absolute atomic E-state index is 12.9. The number of ether oxygens (including phenoxy) is 1. The maximum atomic E-state index is 12.9. The molecule has 0 unspecified atom stereocenters. The lowest BCUT2D eigenvalue weighted by molar-refractivity contribution is -0.145. The van der Waals surface area contributed by atoms with Crippen molar-refractivity contribution >= 4 is 51.7 Å². The van der Waals surface area contributed by atoms with Crippen LogP contribution in [0.5, 0.6) is 0 Å². The van der Waals surface area contributed by atoms with Gasteiger partial charge in [0.15, 0.2) is 0 Å². The molecule has 0 aromatic heterocycles. The Bertz CT molecular complexity index is 1000. The van der Waals surface area contributed by atoms with Crippen LogP contribution in [0.1, 0.15) is 23.2 Å². The third-order valence-electron chi connectivity index (χ3n) is 6.28. The van der Waals surface area contributed by atoms with Crippen molar-refractivity contribution in [1.82, 2.24) is 0 Å². The zero-order chi connectivity index (χ0) is 20.1. The molecule has 5 atom stereocenters. The Morgan fingerprint density at radius 1 is 1.00 bits per heavy atom. The molecule has 0 spiro atoms. The summed E-state index contributed by atoms with van der Waals surface area (Å²) in [5.74, 6) is -0.894. The Labute approximate surface area is 181 Å². The molecule has 5 rings (SSSR count). The highest BCUT2D eigenvalue weighted by molar-refractivity contribution is 14.1. The summed E-state index contributed by atoms with van der Waals surface area (Å²) in [6.07, 6.45) is 1.68. The van der Waals surface area contributed by atoms with Gasteiger partial charge in [-0.1, -0.05) is 6.07 Å². The van der Waals surface area contributed by atoms with Gasteiger partial charge >= 0.3 is 5.97 Å². The zero-order valence-electron chi connectivity index (χ0n) is 15.4. The van der Waals surface area contributed by atoms with E-state index >= 15 is 0 Å². The Balaban J connectivity index is 1.29. The van der Waals surface area contributed by atoms with Gasteiger partial charge in [0.2, 0.25) is 5.91 Å². The minimum atomic E-state index is -0.337. The van der Waals surface area contributed by atoms with Crippen LogP contribution < -0.4 is 10.6 Å². The van der Waals surface area contributed by atoms with Gasteiger partial charge in [-0.05, 0) is 83.8 Å². The van der Waals surface area contributed by atoms with Gasteiger partial charge in [0, 0.05) is 26.4 Å². The fraction of sp³-hybridized carbons (Fsp3) is 0.318. The molecule has 2 N–H and O–H groups in total. The highest BCUT2D eigenvalue weighted by atomic mass is 127. The van der Waals surface area contributed by atoms with Crippen LogP contribution in [-0.2, 0) is 14.3 Å². The lowest BCUT2D eigenvalue weighted by atomic mass is 9.79. The number of esters is 1. The molecule has 3 fully saturated rings. The van der Waals surface area contributed by atoms with Crippen molar-refractivity contribution in [2.75, 3.05) is 10.6 Å². The molecule has 148 valence electrons. The highest BCUT2D eigenvalue weighted by Crippen LogP contribution is 2.57. The standard InChI is InChI=1S/C22H19IN2O4/c23-13-4-6-14(7-5-13)24-20(26)11-2-1-3-15(8-11)25-21(27)18-12-9-16-17(10-12)29-22(28)19(16)18/h1-8,12,16-19H,9-10H2,(H,24,26)(H,25,27)/t12-,16+,17-,18-,19-/m0/s1. The second-order valence-electron chi connectivity index (χ2n) is 7.95. The van der Waals surface area contributed by atoms with Crippen molar-refractivity contribution in [3.63, 3.8) is 0 Å². The molecular weight excluding hydrogens is 483 g/mol. The normalized spacial score (nSPS) is 28.9. The van der Waals surface area contributed by atoms with Gasteiger partial charge in [-0.15, -0.1) is 0 Å². The van der Waals surface area contributed by atoms with E-state index in [4.69, 9.17) is 4.74 Å². The quantitative estimate of drug-likeness (QED) is 0.494. The Kier molecular flexibility index (Phi) is 4.57. The van der Waals surface area contributed by atoms with Crippen molar-refractivity contribution in [2.24, 2.45) is 23.7 Å². The molecule has 1 aliphatic heterocycles. The SMILES string of the molecule is O=C(Nc1ccc(I)cc1)c1cccc(NC(=O)[C@H]2[C@H]3C[C@H]4[C@@H]2C(=O)O[C@H]4C3)c1. The summed E-state index contributed by atoms with van der Waals surface area (Å²) in [5.41, 5.74) is 1.71. The topological polar surface area (TPSA) is 84.5 Å². The molecule has 3 aliphatic rings. The lowest BCUT2D eigenvalue weighted by Crippen LogP contribution is -2.35. The number of amides is 2. The first-order chi connectivity index (χ1) is 14.0. The van der Waals surface area contributed by atoms with Gasteiger partial charge in [-0.25, -0.2) is 0 Å². The van der Waals surface area contributed by atoms with Crippen LogP contribution in [0.3, 0.4) is 0 Å². The number of hydrogen-bond acceptors (Lipinski definition) is 4. The number of anilines is 2. The molecular formula is C22H19IN2O4. The average Bonchev–Trinajstić information content (AvgIpc) is 3.32. The summed E-state index contributed by atoms with van der Waals surface area (Å²) in [6, 6.07) is 14.4. The first-order valence-corrected chi connectivity index (χ1v) is 10.8. The fourth-order valence-electron chi connectivity index (χ4n) is 5.06. The van der Waals surface area contributed by atoms with E-state index in [0.29, 0.717) is 16.9 Å². The average molecular weight is 502 g/mol. The molecule has 2 aromatic rings. The first kappa shape index (κ1) is 18.6. The molecule has 2 aromatic carbocycles. The number of carbonyl (C=O) groups excluding carboxylic acids is 3. The van der Waals surface area contributed by atoms with Crippen LogP contribution in [0.4, 0.5) is 11.4 Å². The van der Waals surface area contributed by atoms with Crippen molar-refractivity contribution in [1.29, 1.82) is 0 Å². The molecule has 1 saturated heterocycles. The van der Waals surface area contributed by atoms with E-state index in [1.165, 1.54) is 0 Å². The van der Waals surface area contributed by atoms with E-state index in [9.17, 15) is 14.4 Å². The molecule has 1 heterocycles. The lowest BCUT2D eigenvalue weighted by Gasteiger charge is -2.23. The van der Waals surface area contributed by atoms with E-state index in [0.717, 1.165) is 16.4 Å². The Morgan fingerprint density at radius 2 is 1.79 bits per heavy atom. The van der Waals surface area contributed by atoms with Gasteiger partial charge in [0.1, 0.15) is 6.10 Å².